The summed E-state index contributed by atoms with van der Waals surface area (Å²) in [4.78, 5) is 64.9. The molecule has 2 aliphatic heterocycles. The zero-order chi connectivity index (χ0) is 26.6. The van der Waals surface area contributed by atoms with Crippen molar-refractivity contribution < 1.29 is 19.2 Å². The fourth-order valence-electron chi connectivity index (χ4n) is 6.18. The van der Waals surface area contributed by atoms with Crippen LogP contribution in [0.5, 0.6) is 0 Å². The predicted molar refractivity (Wildman–Crippen MR) is 145 cm³/mol. The summed E-state index contributed by atoms with van der Waals surface area (Å²) < 4.78 is 0. The van der Waals surface area contributed by atoms with Gasteiger partial charge in [0.15, 0.2) is 0 Å². The molecule has 0 bridgehead atoms. The minimum absolute atomic E-state index is 0.262. The Kier molecular flexibility index (Phi) is 4.15. The molecular weight excluding hydrogens is 492 g/mol. The molecule has 4 aromatic carbocycles. The van der Waals surface area contributed by atoms with Crippen molar-refractivity contribution in [2.45, 2.75) is 6.42 Å². The quantitative estimate of drug-likeness (QED) is 0.196. The van der Waals surface area contributed by atoms with Gasteiger partial charge < -0.3 is 0 Å². The summed E-state index contributed by atoms with van der Waals surface area (Å²) in [6, 6.07) is 16.8. The number of nitrogens with zero attached hydrogens (tertiary/aromatic N) is 4. The van der Waals surface area contributed by atoms with Crippen LogP contribution < -0.4 is 0 Å². The molecule has 6 aromatic rings. The van der Waals surface area contributed by atoms with Crippen LogP contribution in [0.1, 0.15) is 47.0 Å². The van der Waals surface area contributed by atoms with Crippen molar-refractivity contribution in [3.05, 3.63) is 94.8 Å². The third kappa shape index (κ3) is 2.67. The highest BCUT2D eigenvalue weighted by atomic mass is 16.2. The SMILES string of the molecule is CN1C(=O)c2ccc3c4ncc5c6c(ccc(c7ncc(c2c37)C1=O)c64)C(=O)N(CCc1ccccc1)C5=O. The molecule has 0 aliphatic carbocycles. The Bertz CT molecular complexity index is 2000. The van der Waals surface area contributed by atoms with Crippen LogP contribution in [0, 0.1) is 0 Å². The molecule has 0 radical (unpaired) electrons. The molecule has 0 unspecified atom stereocenters. The molecule has 4 amide bonds. The minimum atomic E-state index is -0.403. The fourth-order valence-corrected chi connectivity index (χ4v) is 6.18. The number of carbonyl (C=O) groups excluding carboxylic acids is 4. The highest BCUT2D eigenvalue weighted by molar-refractivity contribution is 6.39. The summed E-state index contributed by atoms with van der Waals surface area (Å²) in [5.41, 5.74) is 3.85. The van der Waals surface area contributed by atoms with Crippen molar-refractivity contribution in [3.8, 4) is 0 Å². The smallest absolute Gasteiger partial charge is 0.262 e. The van der Waals surface area contributed by atoms with Crippen LogP contribution in [0.15, 0.2) is 67.0 Å². The van der Waals surface area contributed by atoms with Gasteiger partial charge in [-0.25, -0.2) is 0 Å². The maximum absolute atomic E-state index is 13.6. The van der Waals surface area contributed by atoms with Gasteiger partial charge in [0.2, 0.25) is 0 Å². The van der Waals surface area contributed by atoms with E-state index < -0.39 is 5.91 Å². The normalized spacial score (nSPS) is 15.1. The summed E-state index contributed by atoms with van der Waals surface area (Å²) in [6.07, 6.45) is 3.59. The molecule has 0 atom stereocenters. The van der Waals surface area contributed by atoms with Gasteiger partial charge in [0, 0.05) is 69.4 Å². The molecule has 0 spiro atoms. The van der Waals surface area contributed by atoms with Crippen LogP contribution >= 0.6 is 0 Å². The summed E-state index contributed by atoms with van der Waals surface area (Å²) in [5, 5.41) is 3.92. The lowest BCUT2D eigenvalue weighted by atomic mass is 9.86. The highest BCUT2D eigenvalue weighted by Crippen LogP contribution is 2.44. The van der Waals surface area contributed by atoms with Gasteiger partial charge in [0.1, 0.15) is 0 Å². The van der Waals surface area contributed by atoms with Crippen molar-refractivity contribution in [2.24, 2.45) is 0 Å². The van der Waals surface area contributed by atoms with Crippen molar-refractivity contribution >= 4 is 67.0 Å². The van der Waals surface area contributed by atoms with Gasteiger partial charge in [-0.15, -0.1) is 0 Å². The van der Waals surface area contributed by atoms with Crippen LogP contribution in [0.3, 0.4) is 0 Å². The summed E-state index contributed by atoms with van der Waals surface area (Å²) in [7, 11) is 1.46. The second-order valence-corrected chi connectivity index (χ2v) is 10.0. The van der Waals surface area contributed by atoms with E-state index in [1.54, 1.807) is 12.1 Å². The Hall–Kier alpha value is -5.24. The average Bonchev–Trinajstić information content (AvgIpc) is 2.97. The molecule has 0 fully saturated rings. The van der Waals surface area contributed by atoms with Crippen LogP contribution in [0.25, 0.3) is 43.4 Å². The molecule has 2 aromatic heterocycles. The molecule has 4 heterocycles. The number of amides is 4. The monoisotopic (exact) mass is 510 g/mol. The second-order valence-electron chi connectivity index (χ2n) is 10.0. The van der Waals surface area contributed by atoms with Crippen LogP contribution in [0.2, 0.25) is 0 Å². The number of carbonyl (C=O) groups is 4. The summed E-state index contributed by atoms with van der Waals surface area (Å²) >= 11 is 0. The van der Waals surface area contributed by atoms with E-state index in [-0.39, 0.29) is 24.3 Å². The summed E-state index contributed by atoms with van der Waals surface area (Å²) in [6.45, 7) is 0.262. The molecule has 8 heteroatoms. The third-order valence-corrected chi connectivity index (χ3v) is 8.07. The summed E-state index contributed by atoms with van der Waals surface area (Å²) in [5.74, 6) is -1.48. The van der Waals surface area contributed by atoms with E-state index >= 15 is 0 Å². The molecule has 8 rings (SSSR count). The lowest BCUT2D eigenvalue weighted by Crippen LogP contribution is -2.41. The standard InChI is InChI=1S/C31H18N4O4/c1-34-28(36)18-9-7-16-24-22(18)20(29(34)37)13-32-26(24)17-8-10-19-23-21(14-33-27(16)25(17)23)31(39)35(30(19)38)12-11-15-5-3-2-4-6-15/h2-10,13-14H,11-12H2,1H3. The van der Waals surface area contributed by atoms with Crippen molar-refractivity contribution in [2.75, 3.05) is 13.6 Å². The van der Waals surface area contributed by atoms with Gasteiger partial charge in [-0.05, 0) is 24.1 Å². The van der Waals surface area contributed by atoms with Gasteiger partial charge in [-0.2, -0.15) is 0 Å². The number of pyridine rings is 2. The van der Waals surface area contributed by atoms with Crippen molar-refractivity contribution in [1.29, 1.82) is 0 Å². The second kappa shape index (κ2) is 7.41. The first-order chi connectivity index (χ1) is 19.0. The maximum atomic E-state index is 13.6. The van der Waals surface area contributed by atoms with E-state index in [0.717, 1.165) is 10.5 Å². The van der Waals surface area contributed by atoms with E-state index in [9.17, 15) is 19.2 Å². The first kappa shape index (κ1) is 21.8. The average molecular weight is 511 g/mol. The highest BCUT2D eigenvalue weighted by Gasteiger charge is 2.36. The molecule has 8 nitrogen and oxygen atoms in total. The first-order valence-corrected chi connectivity index (χ1v) is 12.6. The number of rotatable bonds is 3. The zero-order valence-electron chi connectivity index (χ0n) is 20.7. The Labute approximate surface area is 220 Å². The van der Waals surface area contributed by atoms with Crippen LogP contribution in [-0.4, -0.2) is 57.0 Å². The number of benzene rings is 4. The predicted octanol–water partition coefficient (Wildman–Crippen LogP) is 4.59. The van der Waals surface area contributed by atoms with E-state index in [2.05, 4.69) is 4.98 Å². The first-order valence-electron chi connectivity index (χ1n) is 12.6. The molecule has 0 N–H and O–H groups in total. The number of imide groups is 2. The molecule has 0 saturated heterocycles. The Balaban J connectivity index is 1.39. The van der Waals surface area contributed by atoms with E-state index in [1.165, 1.54) is 24.3 Å². The zero-order valence-corrected chi connectivity index (χ0v) is 20.7. The molecule has 2 aliphatic rings. The number of hydrogen-bond donors (Lipinski definition) is 0. The molecule has 186 valence electrons. The number of hydrogen-bond acceptors (Lipinski definition) is 6. The largest absolute Gasteiger partial charge is 0.277 e. The van der Waals surface area contributed by atoms with Crippen molar-refractivity contribution in [1.82, 2.24) is 19.8 Å². The van der Waals surface area contributed by atoms with E-state index in [0.29, 0.717) is 72.0 Å². The molecule has 0 saturated carbocycles. The minimum Gasteiger partial charge on any atom is -0.277 e. The number of aromatic nitrogens is 2. The van der Waals surface area contributed by atoms with Gasteiger partial charge in [-0.3, -0.25) is 38.9 Å². The lowest BCUT2D eigenvalue weighted by molar-refractivity contribution is 0.0607. The Morgan fingerprint density at radius 3 is 1.72 bits per heavy atom. The Morgan fingerprint density at radius 2 is 1.10 bits per heavy atom. The maximum Gasteiger partial charge on any atom is 0.262 e. The lowest BCUT2D eigenvalue weighted by Gasteiger charge is -2.28. The van der Waals surface area contributed by atoms with Crippen molar-refractivity contribution in [3.63, 3.8) is 0 Å². The van der Waals surface area contributed by atoms with E-state index in [1.807, 2.05) is 42.5 Å². The topological polar surface area (TPSA) is 101 Å². The van der Waals surface area contributed by atoms with Gasteiger partial charge in [0.05, 0.1) is 22.2 Å². The van der Waals surface area contributed by atoms with Crippen LogP contribution in [-0.2, 0) is 6.42 Å². The van der Waals surface area contributed by atoms with Gasteiger partial charge in [0.25, 0.3) is 23.6 Å². The van der Waals surface area contributed by atoms with Gasteiger partial charge in [-0.1, -0.05) is 42.5 Å². The molecular formula is C31H18N4O4. The number of fused-ring (bicyclic) bond motifs is 2. The molecule has 39 heavy (non-hydrogen) atoms. The third-order valence-electron chi connectivity index (χ3n) is 8.07. The fraction of sp³-hybridized carbons (Fsp3) is 0.0968. The van der Waals surface area contributed by atoms with Crippen LogP contribution in [0.4, 0.5) is 0 Å². The Morgan fingerprint density at radius 1 is 0.590 bits per heavy atom. The van der Waals surface area contributed by atoms with E-state index in [4.69, 9.17) is 4.98 Å². The van der Waals surface area contributed by atoms with Gasteiger partial charge >= 0.3 is 0 Å².